The summed E-state index contributed by atoms with van der Waals surface area (Å²) in [5, 5.41) is 5.14. The second-order valence-electron chi connectivity index (χ2n) is 4.76. The van der Waals surface area contributed by atoms with E-state index in [1.165, 1.54) is 39.8 Å². The molecule has 0 aliphatic carbocycles. The van der Waals surface area contributed by atoms with Crippen LogP contribution in [-0.4, -0.2) is 32.3 Å². The molecule has 8 nitrogen and oxygen atoms in total. The van der Waals surface area contributed by atoms with Crippen molar-refractivity contribution in [1.29, 1.82) is 0 Å². The van der Waals surface area contributed by atoms with Crippen LogP contribution in [0.15, 0.2) is 35.4 Å². The number of H-pyrrole nitrogens is 1. The number of hydrogen-bond acceptors (Lipinski definition) is 5. The van der Waals surface area contributed by atoms with Crippen LogP contribution in [0.1, 0.15) is 5.56 Å². The summed E-state index contributed by atoms with van der Waals surface area (Å²) in [5.74, 6) is 1.46. The summed E-state index contributed by atoms with van der Waals surface area (Å²) >= 11 is 0. The Balaban J connectivity index is 2.07. The lowest BCUT2D eigenvalue weighted by molar-refractivity contribution is 0.251. The third-order valence-corrected chi connectivity index (χ3v) is 3.25. The highest BCUT2D eigenvalue weighted by atomic mass is 16.5. The van der Waals surface area contributed by atoms with Crippen molar-refractivity contribution in [2.75, 3.05) is 26.6 Å². The fraction of sp³-hybridized carbons (Fsp3) is 0.250. The second kappa shape index (κ2) is 7.91. The van der Waals surface area contributed by atoms with Gasteiger partial charge in [0.15, 0.2) is 11.5 Å². The van der Waals surface area contributed by atoms with Crippen molar-refractivity contribution in [1.82, 2.24) is 10.3 Å². The quantitative estimate of drug-likeness (QED) is 0.747. The number of pyridine rings is 1. The lowest BCUT2D eigenvalue weighted by atomic mass is 10.2. The van der Waals surface area contributed by atoms with Gasteiger partial charge in [0.2, 0.25) is 11.2 Å². The van der Waals surface area contributed by atoms with Crippen molar-refractivity contribution in [2.24, 2.45) is 0 Å². The van der Waals surface area contributed by atoms with Gasteiger partial charge in [0, 0.05) is 25.0 Å². The Morgan fingerprint density at radius 3 is 2.33 bits per heavy atom. The number of nitrogens with one attached hydrogen (secondary N) is 3. The maximum Gasteiger partial charge on any atom is 0.319 e. The van der Waals surface area contributed by atoms with Gasteiger partial charge in [-0.3, -0.25) is 4.79 Å². The average Bonchev–Trinajstić information content (AvgIpc) is 2.60. The number of methoxy groups -OCH3 is 3. The molecule has 0 saturated carbocycles. The van der Waals surface area contributed by atoms with Crippen LogP contribution in [0.4, 0.5) is 10.5 Å². The van der Waals surface area contributed by atoms with Crippen LogP contribution >= 0.6 is 0 Å². The van der Waals surface area contributed by atoms with Gasteiger partial charge >= 0.3 is 6.03 Å². The molecule has 2 amide bonds. The van der Waals surface area contributed by atoms with Crippen molar-refractivity contribution in [2.45, 2.75) is 6.54 Å². The van der Waals surface area contributed by atoms with Crippen molar-refractivity contribution in [3.63, 3.8) is 0 Å². The molecule has 2 rings (SSSR count). The molecule has 0 radical (unpaired) electrons. The van der Waals surface area contributed by atoms with Crippen molar-refractivity contribution in [3.8, 4) is 17.2 Å². The number of rotatable bonds is 6. The van der Waals surface area contributed by atoms with Crippen LogP contribution in [-0.2, 0) is 6.54 Å². The van der Waals surface area contributed by atoms with E-state index < -0.39 is 6.03 Å². The van der Waals surface area contributed by atoms with Crippen LogP contribution in [0.2, 0.25) is 0 Å². The Morgan fingerprint density at radius 2 is 1.79 bits per heavy atom. The number of aromatic amines is 1. The fourth-order valence-corrected chi connectivity index (χ4v) is 2.10. The Kier molecular flexibility index (Phi) is 5.67. The SMILES string of the molecule is COc1cc(CNC(=O)Nc2c[nH]ccc2=O)cc(OC)c1OC. The van der Waals surface area contributed by atoms with E-state index in [-0.39, 0.29) is 17.7 Å². The molecule has 2 aromatic rings. The number of aromatic nitrogens is 1. The summed E-state index contributed by atoms with van der Waals surface area (Å²) in [6.45, 7) is 0.216. The zero-order valence-electron chi connectivity index (χ0n) is 13.6. The maximum atomic E-state index is 11.9. The summed E-state index contributed by atoms with van der Waals surface area (Å²) in [4.78, 5) is 26.2. The molecule has 0 fully saturated rings. The van der Waals surface area contributed by atoms with Crippen molar-refractivity contribution in [3.05, 3.63) is 46.4 Å². The maximum absolute atomic E-state index is 11.9. The molecule has 0 aliphatic rings. The molecule has 0 unspecified atom stereocenters. The number of carbonyl (C=O) groups is 1. The first-order valence-corrected chi connectivity index (χ1v) is 7.10. The third kappa shape index (κ3) is 3.97. The average molecular weight is 333 g/mol. The zero-order chi connectivity index (χ0) is 17.5. The van der Waals surface area contributed by atoms with E-state index in [2.05, 4.69) is 15.6 Å². The van der Waals surface area contributed by atoms with Crippen LogP contribution in [0.25, 0.3) is 0 Å². The minimum Gasteiger partial charge on any atom is -0.493 e. The monoisotopic (exact) mass is 333 g/mol. The highest BCUT2D eigenvalue weighted by molar-refractivity contribution is 5.88. The van der Waals surface area contributed by atoms with Gasteiger partial charge in [0.05, 0.1) is 21.3 Å². The summed E-state index contributed by atoms with van der Waals surface area (Å²) < 4.78 is 15.8. The molecule has 3 N–H and O–H groups in total. The van der Waals surface area contributed by atoms with E-state index in [1.807, 2.05) is 0 Å². The van der Waals surface area contributed by atoms with Gasteiger partial charge in [-0.2, -0.15) is 0 Å². The molecule has 0 atom stereocenters. The van der Waals surface area contributed by atoms with E-state index in [0.29, 0.717) is 17.2 Å². The largest absolute Gasteiger partial charge is 0.493 e. The van der Waals surface area contributed by atoms with Gasteiger partial charge in [0.25, 0.3) is 0 Å². The summed E-state index contributed by atoms with van der Waals surface area (Å²) in [6, 6.07) is 4.29. The van der Waals surface area contributed by atoms with Crippen molar-refractivity contribution >= 4 is 11.7 Å². The van der Waals surface area contributed by atoms with Crippen LogP contribution < -0.4 is 30.3 Å². The Hall–Kier alpha value is -3.16. The number of benzene rings is 1. The first kappa shape index (κ1) is 17.2. The lowest BCUT2D eigenvalue weighted by Crippen LogP contribution is -2.30. The van der Waals surface area contributed by atoms with E-state index in [0.717, 1.165) is 5.56 Å². The third-order valence-electron chi connectivity index (χ3n) is 3.25. The topological polar surface area (TPSA) is 102 Å². The number of anilines is 1. The minimum atomic E-state index is -0.500. The van der Waals surface area contributed by atoms with E-state index >= 15 is 0 Å². The molecule has 1 aromatic heterocycles. The van der Waals surface area contributed by atoms with Gasteiger partial charge in [-0.25, -0.2) is 4.79 Å². The zero-order valence-corrected chi connectivity index (χ0v) is 13.6. The highest BCUT2D eigenvalue weighted by Crippen LogP contribution is 2.38. The summed E-state index contributed by atoms with van der Waals surface area (Å²) in [6.07, 6.45) is 2.91. The molecule has 0 bridgehead atoms. The molecule has 0 spiro atoms. The summed E-state index contributed by atoms with van der Waals surface area (Å²) in [5.41, 5.74) is 0.637. The second-order valence-corrected chi connectivity index (χ2v) is 4.76. The van der Waals surface area contributed by atoms with Crippen LogP contribution in [0, 0.1) is 0 Å². The van der Waals surface area contributed by atoms with Crippen LogP contribution in [0.3, 0.4) is 0 Å². The number of amides is 2. The molecule has 1 heterocycles. The molecular formula is C16H19N3O5. The molecule has 0 saturated heterocycles. The molecular weight excluding hydrogens is 314 g/mol. The predicted octanol–water partition coefficient (Wildman–Crippen LogP) is 1.72. The Bertz CT molecular complexity index is 747. The van der Waals surface area contributed by atoms with Gasteiger partial charge < -0.3 is 29.8 Å². The lowest BCUT2D eigenvalue weighted by Gasteiger charge is -2.14. The number of hydrogen-bond donors (Lipinski definition) is 3. The molecule has 1 aromatic carbocycles. The normalized spacial score (nSPS) is 9.96. The number of urea groups is 1. The van der Waals surface area contributed by atoms with Gasteiger partial charge in [-0.15, -0.1) is 0 Å². The van der Waals surface area contributed by atoms with Gasteiger partial charge in [-0.05, 0) is 17.7 Å². The van der Waals surface area contributed by atoms with Gasteiger partial charge in [-0.1, -0.05) is 0 Å². The number of ether oxygens (including phenoxy) is 3. The molecule has 128 valence electrons. The van der Waals surface area contributed by atoms with Gasteiger partial charge in [0.1, 0.15) is 5.69 Å². The molecule has 8 heteroatoms. The minimum absolute atomic E-state index is 0.167. The molecule has 0 aliphatic heterocycles. The van der Waals surface area contributed by atoms with E-state index in [1.54, 1.807) is 12.1 Å². The van der Waals surface area contributed by atoms with Crippen molar-refractivity contribution < 1.29 is 19.0 Å². The smallest absolute Gasteiger partial charge is 0.319 e. The van der Waals surface area contributed by atoms with Crippen LogP contribution in [0.5, 0.6) is 17.2 Å². The fourth-order valence-electron chi connectivity index (χ4n) is 2.10. The standard InChI is InChI=1S/C16H19N3O5/c1-22-13-6-10(7-14(23-2)15(13)24-3)8-18-16(21)19-11-9-17-5-4-12(11)20/h4-7,9H,8H2,1-3H3,(H,17,20)(H2,18,19,21). The Labute approximate surface area is 138 Å². The van der Waals surface area contributed by atoms with E-state index in [9.17, 15) is 9.59 Å². The summed E-state index contributed by atoms with van der Waals surface area (Å²) in [7, 11) is 4.55. The highest BCUT2D eigenvalue weighted by Gasteiger charge is 2.13. The van der Waals surface area contributed by atoms with E-state index in [4.69, 9.17) is 14.2 Å². The molecule has 24 heavy (non-hydrogen) atoms. The Morgan fingerprint density at radius 1 is 1.12 bits per heavy atom. The first-order chi connectivity index (χ1) is 11.6. The first-order valence-electron chi connectivity index (χ1n) is 7.10. The number of carbonyl (C=O) groups excluding carboxylic acids is 1. The predicted molar refractivity (Wildman–Crippen MR) is 89.0 cm³/mol.